The van der Waals surface area contributed by atoms with E-state index in [1.165, 1.54) is 0 Å². The first-order chi connectivity index (χ1) is 4.22. The van der Waals surface area contributed by atoms with Gasteiger partial charge in [-0.1, -0.05) is 20.3 Å². The maximum Gasteiger partial charge on any atom is 0.103 e. The Balaban J connectivity index is 2.40. The molecule has 0 aromatic heterocycles. The van der Waals surface area contributed by atoms with Crippen molar-refractivity contribution in [2.45, 2.75) is 39.3 Å². The first kappa shape index (κ1) is 7.04. The van der Waals surface area contributed by atoms with E-state index in [0.29, 0.717) is 11.8 Å². The summed E-state index contributed by atoms with van der Waals surface area (Å²) in [5.41, 5.74) is 0. The van der Waals surface area contributed by atoms with Crippen molar-refractivity contribution in [2.75, 3.05) is 0 Å². The lowest BCUT2D eigenvalue weighted by Crippen LogP contribution is -2.14. The van der Waals surface area contributed by atoms with Crippen LogP contribution < -0.4 is 0 Å². The second-order valence-electron chi connectivity index (χ2n) is 3.35. The fraction of sp³-hybridized carbons (Fsp3) is 1.00. The molecular weight excluding hydrogens is 115 g/mol. The highest BCUT2D eigenvalue weighted by molar-refractivity contribution is 4.78. The van der Waals surface area contributed by atoms with Gasteiger partial charge in [0.15, 0.2) is 0 Å². The third kappa shape index (κ3) is 1.44. The van der Waals surface area contributed by atoms with Gasteiger partial charge in [-0.15, -0.1) is 0 Å². The van der Waals surface area contributed by atoms with Crippen LogP contribution >= 0.6 is 0 Å². The summed E-state index contributed by atoms with van der Waals surface area (Å²) < 4.78 is 12.8. The summed E-state index contributed by atoms with van der Waals surface area (Å²) in [6.07, 6.45) is 2.52. The van der Waals surface area contributed by atoms with Gasteiger partial charge in [-0.2, -0.15) is 0 Å². The van der Waals surface area contributed by atoms with Crippen LogP contribution in [0.1, 0.15) is 33.1 Å². The van der Waals surface area contributed by atoms with Crippen LogP contribution in [0.5, 0.6) is 0 Å². The van der Waals surface area contributed by atoms with Gasteiger partial charge in [-0.25, -0.2) is 4.39 Å². The van der Waals surface area contributed by atoms with Crippen LogP contribution in [0, 0.1) is 11.8 Å². The second kappa shape index (κ2) is 2.68. The molecule has 1 heteroatoms. The van der Waals surface area contributed by atoms with Gasteiger partial charge in [-0.3, -0.25) is 0 Å². The number of hydrogen-bond donors (Lipinski definition) is 0. The maximum absolute atomic E-state index is 12.8. The van der Waals surface area contributed by atoms with Crippen molar-refractivity contribution in [3.8, 4) is 0 Å². The van der Waals surface area contributed by atoms with E-state index in [1.807, 2.05) is 0 Å². The summed E-state index contributed by atoms with van der Waals surface area (Å²) in [6, 6.07) is 0. The summed E-state index contributed by atoms with van der Waals surface area (Å²) in [5, 5.41) is 0. The molecule has 0 aromatic carbocycles. The zero-order valence-corrected chi connectivity index (χ0v) is 6.23. The Hall–Kier alpha value is -0.0700. The second-order valence-corrected chi connectivity index (χ2v) is 3.35. The van der Waals surface area contributed by atoms with Crippen molar-refractivity contribution in [1.82, 2.24) is 0 Å². The maximum atomic E-state index is 12.8. The summed E-state index contributed by atoms with van der Waals surface area (Å²) in [4.78, 5) is 0. The Labute approximate surface area is 56.5 Å². The van der Waals surface area contributed by atoms with Crippen molar-refractivity contribution in [1.29, 1.82) is 0 Å². The average molecular weight is 130 g/mol. The molecule has 0 bridgehead atoms. The van der Waals surface area contributed by atoms with Crippen molar-refractivity contribution in [3.05, 3.63) is 0 Å². The molecule has 54 valence electrons. The van der Waals surface area contributed by atoms with E-state index < -0.39 is 6.17 Å². The molecule has 0 nitrogen and oxygen atoms in total. The lowest BCUT2D eigenvalue weighted by Gasteiger charge is -2.15. The highest BCUT2D eigenvalue weighted by Crippen LogP contribution is 2.33. The molecule has 0 aromatic rings. The van der Waals surface area contributed by atoms with Crippen LogP contribution in [-0.2, 0) is 0 Å². The van der Waals surface area contributed by atoms with E-state index in [9.17, 15) is 4.39 Å². The third-order valence-electron chi connectivity index (χ3n) is 2.34. The number of alkyl halides is 1. The number of hydrogen-bond acceptors (Lipinski definition) is 0. The van der Waals surface area contributed by atoms with Crippen molar-refractivity contribution in [3.63, 3.8) is 0 Å². The fourth-order valence-corrected chi connectivity index (χ4v) is 1.69. The minimum absolute atomic E-state index is 0.366. The molecule has 1 rings (SSSR count). The first-order valence-corrected chi connectivity index (χ1v) is 3.86. The Kier molecular flexibility index (Phi) is 2.09. The topological polar surface area (TPSA) is 0 Å². The first-order valence-electron chi connectivity index (χ1n) is 3.86. The molecule has 0 aliphatic heterocycles. The Morgan fingerprint density at radius 1 is 1.33 bits per heavy atom. The van der Waals surface area contributed by atoms with E-state index in [4.69, 9.17) is 0 Å². The molecule has 0 amide bonds. The molecule has 0 radical (unpaired) electrons. The molecule has 1 aliphatic rings. The quantitative estimate of drug-likeness (QED) is 0.512. The van der Waals surface area contributed by atoms with E-state index in [1.54, 1.807) is 0 Å². The third-order valence-corrected chi connectivity index (χ3v) is 2.34. The Bertz CT molecular complexity index is 88.6. The molecule has 1 saturated carbocycles. The fourth-order valence-electron chi connectivity index (χ4n) is 1.69. The molecule has 0 saturated heterocycles. The zero-order valence-electron chi connectivity index (χ0n) is 6.23. The molecular formula is C8H15F. The summed E-state index contributed by atoms with van der Waals surface area (Å²) in [6.45, 7) is 4.23. The van der Waals surface area contributed by atoms with Gasteiger partial charge in [0.2, 0.25) is 0 Å². The highest BCUT2D eigenvalue weighted by atomic mass is 19.1. The van der Waals surface area contributed by atoms with Gasteiger partial charge in [-0.05, 0) is 24.7 Å². The van der Waals surface area contributed by atoms with E-state index in [-0.39, 0.29) is 0 Å². The van der Waals surface area contributed by atoms with Crippen LogP contribution in [0.15, 0.2) is 0 Å². The molecule has 0 spiro atoms. The SMILES string of the molecule is CC(C)[C@H]1CCC[C@@H]1F. The van der Waals surface area contributed by atoms with Gasteiger partial charge in [0.05, 0.1) is 0 Å². The highest BCUT2D eigenvalue weighted by Gasteiger charge is 2.28. The van der Waals surface area contributed by atoms with E-state index in [0.717, 1.165) is 19.3 Å². The Morgan fingerprint density at radius 2 is 2.00 bits per heavy atom. The standard InChI is InChI=1S/C8H15F/c1-6(2)7-4-3-5-8(7)9/h6-8H,3-5H2,1-2H3/t7-,8+/m1/s1. The van der Waals surface area contributed by atoms with Crippen LogP contribution in [0.3, 0.4) is 0 Å². The average Bonchev–Trinajstić information content (AvgIpc) is 2.13. The number of rotatable bonds is 1. The van der Waals surface area contributed by atoms with Crippen LogP contribution in [-0.4, -0.2) is 6.17 Å². The molecule has 2 atom stereocenters. The largest absolute Gasteiger partial charge is 0.247 e. The van der Waals surface area contributed by atoms with Crippen LogP contribution in [0.25, 0.3) is 0 Å². The van der Waals surface area contributed by atoms with Gasteiger partial charge < -0.3 is 0 Å². The van der Waals surface area contributed by atoms with Crippen molar-refractivity contribution in [2.24, 2.45) is 11.8 Å². The van der Waals surface area contributed by atoms with Crippen molar-refractivity contribution < 1.29 is 4.39 Å². The smallest absolute Gasteiger partial charge is 0.103 e. The molecule has 0 unspecified atom stereocenters. The van der Waals surface area contributed by atoms with Crippen LogP contribution in [0.4, 0.5) is 4.39 Å². The Morgan fingerprint density at radius 3 is 2.22 bits per heavy atom. The molecule has 0 heterocycles. The van der Waals surface area contributed by atoms with Gasteiger partial charge in [0.1, 0.15) is 6.17 Å². The van der Waals surface area contributed by atoms with E-state index >= 15 is 0 Å². The molecule has 1 fully saturated rings. The molecule has 1 aliphatic carbocycles. The minimum atomic E-state index is -0.495. The lowest BCUT2D eigenvalue weighted by atomic mass is 9.93. The van der Waals surface area contributed by atoms with Gasteiger partial charge in [0.25, 0.3) is 0 Å². The summed E-state index contributed by atoms with van der Waals surface area (Å²) in [5.74, 6) is 0.910. The summed E-state index contributed by atoms with van der Waals surface area (Å²) in [7, 11) is 0. The van der Waals surface area contributed by atoms with Gasteiger partial charge in [0, 0.05) is 0 Å². The zero-order chi connectivity index (χ0) is 6.85. The van der Waals surface area contributed by atoms with Crippen molar-refractivity contribution >= 4 is 0 Å². The summed E-state index contributed by atoms with van der Waals surface area (Å²) >= 11 is 0. The van der Waals surface area contributed by atoms with Gasteiger partial charge >= 0.3 is 0 Å². The monoisotopic (exact) mass is 130 g/mol. The molecule has 9 heavy (non-hydrogen) atoms. The number of halogens is 1. The predicted molar refractivity (Wildman–Crippen MR) is 37.1 cm³/mol. The predicted octanol–water partition coefficient (Wildman–Crippen LogP) is 2.78. The lowest BCUT2D eigenvalue weighted by molar-refractivity contribution is 0.215. The minimum Gasteiger partial charge on any atom is -0.247 e. The van der Waals surface area contributed by atoms with Crippen LogP contribution in [0.2, 0.25) is 0 Å². The normalized spacial score (nSPS) is 36.0. The molecule has 0 N–H and O–H groups in total. The van der Waals surface area contributed by atoms with E-state index in [2.05, 4.69) is 13.8 Å².